The van der Waals surface area contributed by atoms with Crippen molar-refractivity contribution in [2.45, 2.75) is 19.9 Å². The predicted octanol–water partition coefficient (Wildman–Crippen LogP) is 3.32. The van der Waals surface area contributed by atoms with Gasteiger partial charge in [0, 0.05) is 6.07 Å². The molecule has 0 aliphatic carbocycles. The Balaban J connectivity index is 2.20. The van der Waals surface area contributed by atoms with E-state index in [1.165, 1.54) is 12.1 Å². The molecule has 0 spiro atoms. The molecule has 0 radical (unpaired) electrons. The topological polar surface area (TPSA) is 69.9 Å². The van der Waals surface area contributed by atoms with Gasteiger partial charge in [-0.25, -0.2) is 14.4 Å². The molecule has 0 amide bonds. The van der Waals surface area contributed by atoms with Gasteiger partial charge in [0.25, 0.3) is 0 Å². The van der Waals surface area contributed by atoms with Gasteiger partial charge in [0.1, 0.15) is 17.6 Å². The number of nitrogens with zero attached hydrogens (tertiary/aromatic N) is 3. The first-order valence-electron chi connectivity index (χ1n) is 6.02. The quantitative estimate of drug-likeness (QED) is 0.787. The number of imidazole rings is 1. The lowest BCUT2D eigenvalue weighted by molar-refractivity contribution is 0.421. The van der Waals surface area contributed by atoms with Gasteiger partial charge in [-0.2, -0.15) is 0 Å². The van der Waals surface area contributed by atoms with Gasteiger partial charge in [-0.1, -0.05) is 11.6 Å². The van der Waals surface area contributed by atoms with Crippen molar-refractivity contribution in [2.24, 2.45) is 0 Å². The Morgan fingerprint density at radius 3 is 2.85 bits per heavy atom. The number of hydrogen-bond acceptors (Lipinski definition) is 4. The van der Waals surface area contributed by atoms with Gasteiger partial charge in [-0.15, -0.1) is 0 Å². The first-order valence-corrected chi connectivity index (χ1v) is 6.40. The summed E-state index contributed by atoms with van der Waals surface area (Å²) in [7, 11) is 0. The van der Waals surface area contributed by atoms with Crippen molar-refractivity contribution in [1.82, 2.24) is 14.5 Å². The van der Waals surface area contributed by atoms with Crippen LogP contribution in [-0.2, 0) is 0 Å². The Hall–Kier alpha value is -2.08. The van der Waals surface area contributed by atoms with E-state index in [2.05, 4.69) is 9.97 Å². The van der Waals surface area contributed by atoms with Crippen molar-refractivity contribution in [2.75, 3.05) is 5.73 Å². The smallest absolute Gasteiger partial charge is 0.217 e. The number of aryl methyl sites for hydroxylation is 1. The van der Waals surface area contributed by atoms with E-state index >= 15 is 0 Å². The zero-order valence-corrected chi connectivity index (χ0v) is 11.6. The maximum Gasteiger partial charge on any atom is 0.217 e. The highest BCUT2D eigenvalue weighted by molar-refractivity contribution is 6.31. The standard InChI is InChI=1S/C13H12ClFN4O/c1-6-5-17-12(20-6)7(2)19-11-3-8(14)9(15)4-10(11)18-13(19)16/h3-5,7H,1-2H3,(H2,16,18). The van der Waals surface area contributed by atoms with Crippen LogP contribution in [0.2, 0.25) is 5.02 Å². The average Bonchev–Trinajstić information content (AvgIpc) is 2.93. The van der Waals surface area contributed by atoms with Crippen molar-refractivity contribution >= 4 is 28.6 Å². The van der Waals surface area contributed by atoms with Crippen LogP contribution in [0.1, 0.15) is 24.6 Å². The van der Waals surface area contributed by atoms with E-state index in [1.54, 1.807) is 10.8 Å². The Morgan fingerprint density at radius 1 is 1.45 bits per heavy atom. The van der Waals surface area contributed by atoms with Crippen LogP contribution in [-0.4, -0.2) is 14.5 Å². The fourth-order valence-corrected chi connectivity index (χ4v) is 2.35. The molecule has 0 saturated carbocycles. The Morgan fingerprint density at radius 2 is 2.20 bits per heavy atom. The van der Waals surface area contributed by atoms with Gasteiger partial charge >= 0.3 is 0 Å². The molecule has 3 aromatic rings. The largest absolute Gasteiger partial charge is 0.444 e. The van der Waals surface area contributed by atoms with Gasteiger partial charge in [-0.05, 0) is 19.9 Å². The maximum absolute atomic E-state index is 13.5. The Kier molecular flexibility index (Phi) is 2.90. The summed E-state index contributed by atoms with van der Waals surface area (Å²) in [6.45, 7) is 3.69. The molecule has 2 N–H and O–H groups in total. The molecule has 1 atom stereocenters. The predicted molar refractivity (Wildman–Crippen MR) is 74.2 cm³/mol. The summed E-state index contributed by atoms with van der Waals surface area (Å²) in [6.07, 6.45) is 1.63. The zero-order chi connectivity index (χ0) is 14.4. The number of anilines is 1. The zero-order valence-electron chi connectivity index (χ0n) is 10.9. The maximum atomic E-state index is 13.5. The van der Waals surface area contributed by atoms with E-state index in [0.717, 1.165) is 0 Å². The van der Waals surface area contributed by atoms with E-state index in [0.29, 0.717) is 22.7 Å². The van der Waals surface area contributed by atoms with Crippen LogP contribution in [0.4, 0.5) is 10.3 Å². The summed E-state index contributed by atoms with van der Waals surface area (Å²) in [6, 6.07) is 2.50. The lowest BCUT2D eigenvalue weighted by Crippen LogP contribution is -2.10. The van der Waals surface area contributed by atoms with Crippen LogP contribution in [0.3, 0.4) is 0 Å². The second-order valence-electron chi connectivity index (χ2n) is 4.58. The monoisotopic (exact) mass is 294 g/mol. The van der Waals surface area contributed by atoms with Gasteiger partial charge < -0.3 is 10.2 Å². The number of halogens is 2. The van der Waals surface area contributed by atoms with Crippen molar-refractivity contribution in [3.8, 4) is 0 Å². The number of rotatable bonds is 2. The minimum Gasteiger partial charge on any atom is -0.444 e. The summed E-state index contributed by atoms with van der Waals surface area (Å²) in [5, 5.41) is 0.0226. The highest BCUT2D eigenvalue weighted by Gasteiger charge is 2.20. The molecule has 20 heavy (non-hydrogen) atoms. The first kappa shape index (κ1) is 12.9. The normalized spacial score (nSPS) is 13.0. The summed E-state index contributed by atoms with van der Waals surface area (Å²) in [5.41, 5.74) is 7.00. The van der Waals surface area contributed by atoms with Crippen molar-refractivity contribution in [1.29, 1.82) is 0 Å². The molecule has 0 saturated heterocycles. The summed E-state index contributed by atoms with van der Waals surface area (Å²) in [5.74, 6) is 0.946. The van der Waals surface area contributed by atoms with Gasteiger partial charge in [0.05, 0.1) is 22.3 Å². The minimum absolute atomic E-state index is 0.0226. The molecular formula is C13H12ClFN4O. The first-order chi connectivity index (χ1) is 9.47. The summed E-state index contributed by atoms with van der Waals surface area (Å²) < 4.78 is 20.7. The fourth-order valence-electron chi connectivity index (χ4n) is 2.19. The molecular weight excluding hydrogens is 283 g/mol. The van der Waals surface area contributed by atoms with Crippen LogP contribution in [0.15, 0.2) is 22.7 Å². The molecule has 1 unspecified atom stereocenters. The number of benzene rings is 1. The molecule has 1 aromatic carbocycles. The van der Waals surface area contributed by atoms with E-state index in [-0.39, 0.29) is 17.0 Å². The number of oxazole rings is 1. The summed E-state index contributed by atoms with van der Waals surface area (Å²) in [4.78, 5) is 8.32. The minimum atomic E-state index is -0.525. The molecule has 0 aliphatic heterocycles. The third-order valence-electron chi connectivity index (χ3n) is 3.14. The second kappa shape index (κ2) is 4.49. The molecule has 3 rings (SSSR count). The highest BCUT2D eigenvalue weighted by atomic mass is 35.5. The molecule has 104 valence electrons. The lowest BCUT2D eigenvalue weighted by Gasteiger charge is -2.12. The number of nitrogens with two attached hydrogens (primary N) is 1. The van der Waals surface area contributed by atoms with Crippen LogP contribution < -0.4 is 5.73 Å². The molecule has 2 aromatic heterocycles. The highest BCUT2D eigenvalue weighted by Crippen LogP contribution is 2.30. The third kappa shape index (κ3) is 1.92. The SMILES string of the molecule is Cc1cnc(C(C)n2c(N)nc3cc(F)c(Cl)cc32)o1. The van der Waals surface area contributed by atoms with Crippen LogP contribution in [0, 0.1) is 12.7 Å². The Bertz CT molecular complexity index is 795. The van der Waals surface area contributed by atoms with E-state index < -0.39 is 5.82 Å². The molecule has 7 heteroatoms. The van der Waals surface area contributed by atoms with Crippen LogP contribution in [0.5, 0.6) is 0 Å². The third-order valence-corrected chi connectivity index (χ3v) is 3.43. The number of hydrogen-bond donors (Lipinski definition) is 1. The van der Waals surface area contributed by atoms with E-state index in [4.69, 9.17) is 21.8 Å². The number of aromatic nitrogens is 3. The van der Waals surface area contributed by atoms with E-state index in [9.17, 15) is 4.39 Å². The summed E-state index contributed by atoms with van der Waals surface area (Å²) >= 11 is 5.83. The van der Waals surface area contributed by atoms with Gasteiger partial charge in [0.2, 0.25) is 11.8 Å². The Labute approximate surface area is 119 Å². The number of nitrogen functional groups attached to an aromatic ring is 1. The average molecular weight is 295 g/mol. The molecule has 0 bridgehead atoms. The van der Waals surface area contributed by atoms with Crippen molar-refractivity contribution < 1.29 is 8.81 Å². The van der Waals surface area contributed by atoms with Crippen LogP contribution >= 0.6 is 11.6 Å². The van der Waals surface area contributed by atoms with Crippen molar-refractivity contribution in [3.63, 3.8) is 0 Å². The van der Waals surface area contributed by atoms with E-state index in [1.807, 2.05) is 13.8 Å². The van der Waals surface area contributed by atoms with Crippen molar-refractivity contribution in [3.05, 3.63) is 40.8 Å². The number of fused-ring (bicyclic) bond motifs is 1. The second-order valence-corrected chi connectivity index (χ2v) is 4.99. The van der Waals surface area contributed by atoms with Gasteiger partial charge in [-0.3, -0.25) is 4.57 Å². The van der Waals surface area contributed by atoms with Crippen LogP contribution in [0.25, 0.3) is 11.0 Å². The molecule has 0 fully saturated rings. The molecule has 5 nitrogen and oxygen atoms in total. The fraction of sp³-hybridized carbons (Fsp3) is 0.231. The van der Waals surface area contributed by atoms with Gasteiger partial charge in [0.15, 0.2) is 0 Å². The lowest BCUT2D eigenvalue weighted by atomic mass is 10.2. The molecule has 2 heterocycles. The molecule has 0 aliphatic rings.